The zero-order valence-electron chi connectivity index (χ0n) is 13.4. The molecule has 3 rings (SSSR count). The third-order valence-electron chi connectivity index (χ3n) is 3.24. The number of sulfonamides is 1. The van der Waals surface area contributed by atoms with Gasteiger partial charge in [-0.3, -0.25) is 14.8 Å². The Kier molecular flexibility index (Phi) is 4.60. The summed E-state index contributed by atoms with van der Waals surface area (Å²) in [6, 6.07) is 12.0. The molecule has 0 aliphatic carbocycles. The van der Waals surface area contributed by atoms with E-state index in [-0.39, 0.29) is 5.91 Å². The number of amides is 1. The molecule has 130 valence electrons. The van der Waals surface area contributed by atoms with E-state index < -0.39 is 10.0 Å². The molecule has 7 nitrogen and oxygen atoms in total. The van der Waals surface area contributed by atoms with E-state index in [4.69, 9.17) is 4.74 Å². The number of hydrogen-bond donors (Lipinski definition) is 2. The van der Waals surface area contributed by atoms with Gasteiger partial charge in [0.15, 0.2) is 5.13 Å². The monoisotopic (exact) mass is 377 g/mol. The van der Waals surface area contributed by atoms with Gasteiger partial charge >= 0.3 is 0 Å². The zero-order chi connectivity index (χ0) is 18.0. The number of aromatic nitrogens is 1. The van der Waals surface area contributed by atoms with Crippen molar-refractivity contribution < 1.29 is 17.9 Å². The van der Waals surface area contributed by atoms with Crippen LogP contribution in [0.25, 0.3) is 10.2 Å². The van der Waals surface area contributed by atoms with Crippen molar-refractivity contribution in [1.82, 2.24) is 4.98 Å². The van der Waals surface area contributed by atoms with Crippen molar-refractivity contribution in [3.8, 4) is 5.75 Å². The number of rotatable bonds is 5. The second kappa shape index (κ2) is 6.69. The van der Waals surface area contributed by atoms with Crippen LogP contribution in [0.2, 0.25) is 0 Å². The van der Waals surface area contributed by atoms with E-state index in [1.54, 1.807) is 36.4 Å². The Balaban J connectivity index is 1.95. The molecule has 3 aromatic rings. The van der Waals surface area contributed by atoms with Crippen LogP contribution in [-0.2, 0) is 10.0 Å². The molecule has 2 N–H and O–H groups in total. The van der Waals surface area contributed by atoms with Crippen LogP contribution in [0.5, 0.6) is 5.75 Å². The fourth-order valence-electron chi connectivity index (χ4n) is 2.24. The van der Waals surface area contributed by atoms with E-state index >= 15 is 0 Å². The van der Waals surface area contributed by atoms with Gasteiger partial charge in [0, 0.05) is 11.6 Å². The van der Waals surface area contributed by atoms with Gasteiger partial charge in [0.2, 0.25) is 10.0 Å². The molecule has 0 unspecified atom stereocenters. The number of carbonyl (C=O) groups is 1. The molecule has 0 aliphatic heterocycles. The maximum Gasteiger partial charge on any atom is 0.257 e. The molecule has 25 heavy (non-hydrogen) atoms. The van der Waals surface area contributed by atoms with Crippen LogP contribution < -0.4 is 14.8 Å². The Labute approximate surface area is 148 Å². The normalized spacial score (nSPS) is 11.3. The lowest BCUT2D eigenvalue weighted by molar-refractivity contribution is 0.102. The molecular weight excluding hydrogens is 362 g/mol. The van der Waals surface area contributed by atoms with Crippen molar-refractivity contribution in [2.24, 2.45) is 0 Å². The van der Waals surface area contributed by atoms with Gasteiger partial charge in [-0.15, -0.1) is 0 Å². The smallest absolute Gasteiger partial charge is 0.257 e. The number of nitrogens with one attached hydrogen (secondary N) is 2. The van der Waals surface area contributed by atoms with E-state index in [0.717, 1.165) is 6.26 Å². The summed E-state index contributed by atoms with van der Waals surface area (Å²) in [4.78, 5) is 16.6. The summed E-state index contributed by atoms with van der Waals surface area (Å²) in [6.45, 7) is 0. The molecule has 0 radical (unpaired) electrons. The molecule has 2 aromatic carbocycles. The maximum atomic E-state index is 12.2. The van der Waals surface area contributed by atoms with Gasteiger partial charge in [-0.25, -0.2) is 13.4 Å². The highest BCUT2D eigenvalue weighted by Crippen LogP contribution is 2.35. The van der Waals surface area contributed by atoms with Gasteiger partial charge in [-0.05, 0) is 18.2 Å². The van der Waals surface area contributed by atoms with Crippen molar-refractivity contribution in [1.29, 1.82) is 0 Å². The summed E-state index contributed by atoms with van der Waals surface area (Å²) < 4.78 is 31.2. The minimum Gasteiger partial charge on any atom is -0.494 e. The first-order chi connectivity index (χ1) is 11.9. The number of carbonyl (C=O) groups excluding carboxylic acids is 1. The van der Waals surface area contributed by atoms with Crippen LogP contribution in [0, 0.1) is 0 Å². The van der Waals surface area contributed by atoms with Crippen molar-refractivity contribution in [2.75, 3.05) is 23.4 Å². The zero-order valence-corrected chi connectivity index (χ0v) is 15.1. The maximum absolute atomic E-state index is 12.2. The van der Waals surface area contributed by atoms with Crippen LogP contribution in [0.15, 0.2) is 42.5 Å². The highest BCUT2D eigenvalue weighted by molar-refractivity contribution is 7.92. The standard InChI is InChI=1S/C16H15N3O4S2/c1-23-12-8-11(19-25(2,21)22)9-13-14(12)17-16(24-13)18-15(20)10-6-4-3-5-7-10/h3-9,19H,1-2H3,(H,17,18,20). The Morgan fingerprint density at radius 3 is 2.56 bits per heavy atom. The summed E-state index contributed by atoms with van der Waals surface area (Å²) in [5, 5.41) is 3.14. The molecule has 1 amide bonds. The van der Waals surface area contributed by atoms with Gasteiger partial charge in [-0.1, -0.05) is 29.5 Å². The third kappa shape index (κ3) is 4.06. The molecule has 0 atom stereocenters. The number of benzene rings is 2. The number of nitrogens with zero attached hydrogens (tertiary/aromatic N) is 1. The first-order valence-corrected chi connectivity index (χ1v) is 9.89. The molecule has 1 aromatic heterocycles. The SMILES string of the molecule is COc1cc(NS(C)(=O)=O)cc2sc(NC(=O)c3ccccc3)nc12. The molecule has 9 heteroatoms. The average Bonchev–Trinajstić information content (AvgIpc) is 2.95. The van der Waals surface area contributed by atoms with Crippen molar-refractivity contribution >= 4 is 48.3 Å². The highest BCUT2D eigenvalue weighted by Gasteiger charge is 2.15. The number of methoxy groups -OCH3 is 1. The van der Waals surface area contributed by atoms with E-state index in [1.807, 2.05) is 6.07 Å². The number of ether oxygens (including phenoxy) is 1. The third-order valence-corrected chi connectivity index (χ3v) is 4.76. The Hall–Kier alpha value is -2.65. The topological polar surface area (TPSA) is 97.4 Å². The number of anilines is 2. The second-order valence-electron chi connectivity index (χ2n) is 5.24. The molecule has 0 aliphatic rings. The summed E-state index contributed by atoms with van der Waals surface area (Å²) >= 11 is 1.23. The van der Waals surface area contributed by atoms with Crippen LogP contribution in [0.4, 0.5) is 10.8 Å². The first kappa shape index (κ1) is 17.2. The second-order valence-corrected chi connectivity index (χ2v) is 8.02. The minimum absolute atomic E-state index is 0.270. The lowest BCUT2D eigenvalue weighted by atomic mass is 10.2. The van der Waals surface area contributed by atoms with E-state index in [9.17, 15) is 13.2 Å². The number of fused-ring (bicyclic) bond motifs is 1. The van der Waals surface area contributed by atoms with E-state index in [1.165, 1.54) is 18.4 Å². The summed E-state index contributed by atoms with van der Waals surface area (Å²) in [6.07, 6.45) is 1.07. The fourth-order valence-corrected chi connectivity index (χ4v) is 3.70. The van der Waals surface area contributed by atoms with Crippen LogP contribution in [-0.4, -0.2) is 32.7 Å². The largest absolute Gasteiger partial charge is 0.494 e. The van der Waals surface area contributed by atoms with Crippen molar-refractivity contribution in [3.63, 3.8) is 0 Å². The molecule has 0 spiro atoms. The van der Waals surface area contributed by atoms with Gasteiger partial charge in [0.25, 0.3) is 5.91 Å². The summed E-state index contributed by atoms with van der Waals surface area (Å²) in [5.74, 6) is 0.146. The molecular formula is C16H15N3O4S2. The van der Waals surface area contributed by atoms with Gasteiger partial charge in [0.1, 0.15) is 11.3 Å². The van der Waals surface area contributed by atoms with E-state index in [2.05, 4.69) is 15.0 Å². The number of thiazole rings is 1. The average molecular weight is 377 g/mol. The highest BCUT2D eigenvalue weighted by atomic mass is 32.2. The number of hydrogen-bond acceptors (Lipinski definition) is 6. The Morgan fingerprint density at radius 2 is 1.92 bits per heavy atom. The van der Waals surface area contributed by atoms with Crippen LogP contribution in [0.3, 0.4) is 0 Å². The summed E-state index contributed by atoms with van der Waals surface area (Å²) in [5.41, 5.74) is 1.44. The quantitative estimate of drug-likeness (QED) is 0.712. The predicted octanol–water partition coefficient (Wildman–Crippen LogP) is 2.93. The molecule has 0 fully saturated rings. The Morgan fingerprint density at radius 1 is 1.20 bits per heavy atom. The predicted molar refractivity (Wildman–Crippen MR) is 99.0 cm³/mol. The molecule has 0 saturated heterocycles. The lowest BCUT2D eigenvalue weighted by Crippen LogP contribution is -2.11. The molecule has 1 heterocycles. The molecule has 0 bridgehead atoms. The Bertz CT molecular complexity index is 1030. The lowest BCUT2D eigenvalue weighted by Gasteiger charge is -2.06. The minimum atomic E-state index is -3.41. The van der Waals surface area contributed by atoms with Crippen molar-refractivity contribution in [2.45, 2.75) is 0 Å². The van der Waals surface area contributed by atoms with Gasteiger partial charge in [-0.2, -0.15) is 0 Å². The first-order valence-electron chi connectivity index (χ1n) is 7.18. The van der Waals surface area contributed by atoms with Gasteiger partial charge in [0.05, 0.1) is 23.8 Å². The molecule has 0 saturated carbocycles. The van der Waals surface area contributed by atoms with Gasteiger partial charge < -0.3 is 4.74 Å². The summed E-state index contributed by atoms with van der Waals surface area (Å²) in [7, 11) is -1.94. The van der Waals surface area contributed by atoms with Crippen LogP contribution in [0.1, 0.15) is 10.4 Å². The fraction of sp³-hybridized carbons (Fsp3) is 0.125. The van der Waals surface area contributed by atoms with Crippen LogP contribution >= 0.6 is 11.3 Å². The van der Waals surface area contributed by atoms with Crippen molar-refractivity contribution in [3.05, 3.63) is 48.0 Å². The van der Waals surface area contributed by atoms with E-state index in [0.29, 0.717) is 32.3 Å².